The number of hydrogen-bond acceptors (Lipinski definition) is 2. The summed E-state index contributed by atoms with van der Waals surface area (Å²) in [6, 6.07) is 42.4. The number of benzene rings is 5. The van der Waals surface area contributed by atoms with Crippen LogP contribution >= 0.6 is 0 Å². The molecule has 0 saturated carbocycles. The summed E-state index contributed by atoms with van der Waals surface area (Å²) in [6.45, 7) is 0. The summed E-state index contributed by atoms with van der Waals surface area (Å²) in [6.07, 6.45) is 4.03. The van der Waals surface area contributed by atoms with Gasteiger partial charge in [-0.3, -0.25) is 4.57 Å². The van der Waals surface area contributed by atoms with E-state index in [2.05, 4.69) is 117 Å². The van der Waals surface area contributed by atoms with Gasteiger partial charge < -0.3 is 4.57 Å². The van der Waals surface area contributed by atoms with Gasteiger partial charge in [0.1, 0.15) is 5.82 Å². The molecule has 0 aliphatic rings. The van der Waals surface area contributed by atoms with Crippen molar-refractivity contribution in [3.05, 3.63) is 134 Å². The lowest BCUT2D eigenvalue weighted by Crippen LogP contribution is -2.00. The van der Waals surface area contributed by atoms with Crippen molar-refractivity contribution in [2.75, 3.05) is 0 Å². The molecule has 4 heteroatoms. The van der Waals surface area contributed by atoms with Crippen LogP contribution in [0, 0.1) is 0 Å². The summed E-state index contributed by atoms with van der Waals surface area (Å²) in [5.74, 6) is 1.58. The summed E-state index contributed by atoms with van der Waals surface area (Å²) in [4.78, 5) is 9.67. The van der Waals surface area contributed by atoms with Crippen LogP contribution in [0.5, 0.6) is 0 Å². The molecule has 0 radical (unpaired) electrons. The van der Waals surface area contributed by atoms with Gasteiger partial charge in [-0.15, -0.1) is 0 Å². The maximum absolute atomic E-state index is 5.07. The molecule has 178 valence electrons. The Hall–Kier alpha value is -5.22. The van der Waals surface area contributed by atoms with E-state index in [9.17, 15) is 0 Å². The van der Waals surface area contributed by atoms with Crippen LogP contribution in [0.15, 0.2) is 134 Å². The zero-order valence-electron chi connectivity index (χ0n) is 20.5. The Labute approximate surface area is 219 Å². The minimum absolute atomic E-state index is 0.717. The molecular weight excluding hydrogens is 464 g/mol. The first-order valence-electron chi connectivity index (χ1n) is 12.8. The highest BCUT2D eigenvalue weighted by atomic mass is 15.1. The smallest absolute Gasteiger partial charge is 0.161 e. The van der Waals surface area contributed by atoms with Gasteiger partial charge in [-0.25, -0.2) is 9.97 Å². The molecular formula is C34H22N4. The number of nitrogens with zero attached hydrogens (tertiary/aromatic N) is 4. The molecule has 3 heterocycles. The molecule has 0 spiro atoms. The molecule has 0 atom stereocenters. The largest absolute Gasteiger partial charge is 0.317 e. The van der Waals surface area contributed by atoms with Crippen molar-refractivity contribution in [1.29, 1.82) is 0 Å². The van der Waals surface area contributed by atoms with E-state index in [1.165, 1.54) is 32.4 Å². The summed E-state index contributed by atoms with van der Waals surface area (Å²) >= 11 is 0. The molecule has 0 aliphatic carbocycles. The lowest BCUT2D eigenvalue weighted by molar-refractivity contribution is 1.05. The van der Waals surface area contributed by atoms with Crippen LogP contribution in [0.2, 0.25) is 0 Å². The van der Waals surface area contributed by atoms with Gasteiger partial charge in [-0.1, -0.05) is 84.9 Å². The van der Waals surface area contributed by atoms with Crippen molar-refractivity contribution in [1.82, 2.24) is 19.1 Å². The summed E-state index contributed by atoms with van der Waals surface area (Å²) in [5, 5.41) is 6.08. The zero-order valence-corrected chi connectivity index (χ0v) is 20.5. The maximum atomic E-state index is 5.07. The first-order chi connectivity index (χ1) is 18.9. The molecule has 3 aromatic heterocycles. The SMILES string of the molecule is c1ccc(-c2nccc(-n3c4ccccc4c4ccc5ccc6c(ccn6-c6ccccc6)c5c43)n2)cc1. The van der Waals surface area contributed by atoms with Crippen LogP contribution in [0.1, 0.15) is 0 Å². The van der Waals surface area contributed by atoms with E-state index >= 15 is 0 Å². The average molecular weight is 487 g/mol. The highest BCUT2D eigenvalue weighted by molar-refractivity contribution is 6.25. The van der Waals surface area contributed by atoms with Crippen molar-refractivity contribution < 1.29 is 0 Å². The fourth-order valence-corrected chi connectivity index (χ4v) is 5.74. The minimum atomic E-state index is 0.717. The van der Waals surface area contributed by atoms with Gasteiger partial charge in [0.15, 0.2) is 5.82 Å². The first-order valence-corrected chi connectivity index (χ1v) is 12.8. The minimum Gasteiger partial charge on any atom is -0.317 e. The molecule has 0 N–H and O–H groups in total. The van der Waals surface area contributed by atoms with Crippen molar-refractivity contribution in [2.24, 2.45) is 0 Å². The van der Waals surface area contributed by atoms with E-state index in [-0.39, 0.29) is 0 Å². The second kappa shape index (κ2) is 8.15. The predicted molar refractivity (Wildman–Crippen MR) is 156 cm³/mol. The summed E-state index contributed by atoms with van der Waals surface area (Å²) in [7, 11) is 0. The standard InChI is InChI=1S/C34H22N4/c1-3-9-24(10-4-1)34-35-21-19-31(36-34)38-30-14-8-7-13-26(30)27-17-15-23-16-18-29-28(32(23)33(27)38)20-22-37(29)25-11-5-2-6-12-25/h1-22H. The van der Waals surface area contributed by atoms with Crippen LogP contribution in [0.3, 0.4) is 0 Å². The zero-order chi connectivity index (χ0) is 25.1. The van der Waals surface area contributed by atoms with Gasteiger partial charge >= 0.3 is 0 Å². The molecule has 0 fully saturated rings. The average Bonchev–Trinajstić information content (AvgIpc) is 3.58. The van der Waals surface area contributed by atoms with Crippen molar-refractivity contribution in [3.63, 3.8) is 0 Å². The Kier molecular flexibility index (Phi) is 4.49. The third-order valence-electron chi connectivity index (χ3n) is 7.42. The quantitative estimate of drug-likeness (QED) is 0.252. The van der Waals surface area contributed by atoms with Crippen LogP contribution in [0.25, 0.3) is 66.4 Å². The second-order valence-electron chi connectivity index (χ2n) is 9.54. The van der Waals surface area contributed by atoms with Gasteiger partial charge in [-0.2, -0.15) is 0 Å². The molecule has 0 bridgehead atoms. The maximum Gasteiger partial charge on any atom is 0.161 e. The van der Waals surface area contributed by atoms with E-state index in [1.807, 2.05) is 30.5 Å². The van der Waals surface area contributed by atoms with Crippen LogP contribution in [-0.2, 0) is 0 Å². The Morgan fingerprint density at radius 3 is 2.18 bits per heavy atom. The first kappa shape index (κ1) is 20.9. The molecule has 5 aromatic carbocycles. The van der Waals surface area contributed by atoms with Crippen molar-refractivity contribution in [3.8, 4) is 22.9 Å². The highest BCUT2D eigenvalue weighted by Gasteiger charge is 2.18. The van der Waals surface area contributed by atoms with Gasteiger partial charge in [0.25, 0.3) is 0 Å². The van der Waals surface area contributed by atoms with Gasteiger partial charge in [0, 0.05) is 45.2 Å². The van der Waals surface area contributed by atoms with E-state index in [0.717, 1.165) is 33.9 Å². The van der Waals surface area contributed by atoms with Crippen molar-refractivity contribution >= 4 is 43.5 Å². The summed E-state index contributed by atoms with van der Waals surface area (Å²) < 4.78 is 4.57. The predicted octanol–water partition coefficient (Wildman–Crippen LogP) is 8.34. The third-order valence-corrected chi connectivity index (χ3v) is 7.42. The topological polar surface area (TPSA) is 35.6 Å². The highest BCUT2D eigenvalue weighted by Crippen LogP contribution is 2.39. The number of para-hydroxylation sites is 2. The van der Waals surface area contributed by atoms with Gasteiger partial charge in [0.05, 0.1) is 16.6 Å². The number of rotatable bonds is 3. The van der Waals surface area contributed by atoms with E-state index in [1.54, 1.807) is 0 Å². The van der Waals surface area contributed by atoms with E-state index < -0.39 is 0 Å². The Bertz CT molecular complexity index is 2120. The lowest BCUT2D eigenvalue weighted by atomic mass is 10.0. The Morgan fingerprint density at radius 2 is 1.32 bits per heavy atom. The normalized spacial score (nSPS) is 11.7. The molecule has 0 amide bonds. The molecule has 0 saturated heterocycles. The van der Waals surface area contributed by atoms with Crippen LogP contribution in [0.4, 0.5) is 0 Å². The Balaban J connectivity index is 1.50. The number of aromatic nitrogens is 4. The molecule has 8 aromatic rings. The Morgan fingerprint density at radius 1 is 0.553 bits per heavy atom. The molecule has 4 nitrogen and oxygen atoms in total. The number of fused-ring (bicyclic) bond motifs is 7. The molecule has 0 aliphatic heterocycles. The number of hydrogen-bond donors (Lipinski definition) is 0. The van der Waals surface area contributed by atoms with Crippen molar-refractivity contribution in [2.45, 2.75) is 0 Å². The monoisotopic (exact) mass is 486 g/mol. The third kappa shape index (κ3) is 3.04. The molecule has 0 unspecified atom stereocenters. The summed E-state index contributed by atoms with van der Waals surface area (Å²) in [5.41, 5.74) is 5.63. The lowest BCUT2D eigenvalue weighted by Gasteiger charge is -2.12. The van der Waals surface area contributed by atoms with Gasteiger partial charge in [-0.05, 0) is 41.8 Å². The fourth-order valence-electron chi connectivity index (χ4n) is 5.74. The fraction of sp³-hybridized carbons (Fsp3) is 0. The van der Waals surface area contributed by atoms with E-state index in [0.29, 0.717) is 0 Å². The molecule has 38 heavy (non-hydrogen) atoms. The van der Waals surface area contributed by atoms with Crippen LogP contribution < -0.4 is 0 Å². The van der Waals surface area contributed by atoms with E-state index in [4.69, 9.17) is 4.98 Å². The van der Waals surface area contributed by atoms with Gasteiger partial charge in [0.2, 0.25) is 0 Å². The molecule has 8 rings (SSSR count). The second-order valence-corrected chi connectivity index (χ2v) is 9.54. The van der Waals surface area contributed by atoms with Crippen LogP contribution in [-0.4, -0.2) is 19.1 Å².